The van der Waals surface area contributed by atoms with Crippen molar-refractivity contribution in [2.24, 2.45) is 0 Å². The lowest BCUT2D eigenvalue weighted by molar-refractivity contribution is 0.514. The SMILES string of the molecule is [CH2]Cc1cn(C(c2ccccc2)(c2ccccc2)c2ccccc2)cn1. The average Bonchev–Trinajstić information content (AvgIpc) is 3.21. The molecule has 3 aromatic carbocycles. The van der Waals surface area contributed by atoms with Gasteiger partial charge in [0.05, 0.1) is 12.0 Å². The van der Waals surface area contributed by atoms with Crippen LogP contribution in [0.3, 0.4) is 0 Å². The summed E-state index contributed by atoms with van der Waals surface area (Å²) in [6.07, 6.45) is 4.70. The van der Waals surface area contributed by atoms with E-state index >= 15 is 0 Å². The van der Waals surface area contributed by atoms with Crippen molar-refractivity contribution >= 4 is 0 Å². The first-order chi connectivity index (χ1) is 12.9. The molecule has 0 fully saturated rings. The molecule has 4 aromatic rings. The van der Waals surface area contributed by atoms with Crippen LogP contribution in [-0.4, -0.2) is 9.55 Å². The summed E-state index contributed by atoms with van der Waals surface area (Å²) < 4.78 is 2.22. The summed E-state index contributed by atoms with van der Waals surface area (Å²) in [6, 6.07) is 31.8. The van der Waals surface area contributed by atoms with Crippen LogP contribution in [0.1, 0.15) is 22.4 Å². The van der Waals surface area contributed by atoms with Crippen molar-refractivity contribution in [3.05, 3.63) is 133 Å². The van der Waals surface area contributed by atoms with Crippen molar-refractivity contribution < 1.29 is 0 Å². The van der Waals surface area contributed by atoms with E-state index in [0.29, 0.717) is 6.42 Å². The summed E-state index contributed by atoms with van der Waals surface area (Å²) >= 11 is 0. The molecule has 0 aliphatic rings. The Morgan fingerprint density at radius 2 is 1.12 bits per heavy atom. The first kappa shape index (κ1) is 16.3. The zero-order valence-corrected chi connectivity index (χ0v) is 14.6. The lowest BCUT2D eigenvalue weighted by atomic mass is 9.77. The lowest BCUT2D eigenvalue weighted by Gasteiger charge is -2.37. The molecule has 127 valence electrons. The highest BCUT2D eigenvalue weighted by atomic mass is 15.1. The van der Waals surface area contributed by atoms with E-state index in [4.69, 9.17) is 0 Å². The number of rotatable bonds is 5. The Hall–Kier alpha value is -3.13. The van der Waals surface area contributed by atoms with Gasteiger partial charge < -0.3 is 4.57 Å². The van der Waals surface area contributed by atoms with Crippen LogP contribution in [0.25, 0.3) is 0 Å². The fraction of sp³-hybridized carbons (Fsp3) is 0.0833. The molecule has 0 N–H and O–H groups in total. The second-order valence-corrected chi connectivity index (χ2v) is 6.33. The zero-order chi connectivity index (χ0) is 17.8. The summed E-state index contributed by atoms with van der Waals surface area (Å²) in [5.74, 6) is 0. The minimum Gasteiger partial charge on any atom is -0.319 e. The van der Waals surface area contributed by atoms with E-state index in [1.807, 2.05) is 6.33 Å². The van der Waals surface area contributed by atoms with Gasteiger partial charge >= 0.3 is 0 Å². The van der Waals surface area contributed by atoms with E-state index in [2.05, 4.69) is 114 Å². The summed E-state index contributed by atoms with van der Waals surface area (Å²) in [5, 5.41) is 0. The Kier molecular flexibility index (Phi) is 4.40. The standard InChI is InChI=1S/C24H21N2/c1-2-23-18-26(19-25-23)24(20-12-6-3-7-13-20,21-14-8-4-9-15-21)22-16-10-5-11-17-22/h3-19H,1-2H2. The molecule has 0 spiro atoms. The quantitative estimate of drug-likeness (QED) is 0.463. The third kappa shape index (κ3) is 2.64. The molecule has 2 heteroatoms. The molecule has 0 atom stereocenters. The molecule has 0 saturated heterocycles. The number of hydrogen-bond donors (Lipinski definition) is 0. The average molecular weight is 337 g/mol. The van der Waals surface area contributed by atoms with Gasteiger partial charge in [0.1, 0.15) is 5.54 Å². The Balaban J connectivity index is 2.10. The van der Waals surface area contributed by atoms with Gasteiger partial charge in [-0.25, -0.2) is 4.98 Å². The number of nitrogens with zero attached hydrogens (tertiary/aromatic N) is 2. The zero-order valence-electron chi connectivity index (χ0n) is 14.6. The fourth-order valence-electron chi connectivity index (χ4n) is 3.66. The number of hydrogen-bond acceptors (Lipinski definition) is 1. The lowest BCUT2D eigenvalue weighted by Crippen LogP contribution is -2.36. The molecule has 2 nitrogen and oxygen atoms in total. The molecule has 0 aliphatic heterocycles. The number of imidazole rings is 1. The fourth-order valence-corrected chi connectivity index (χ4v) is 3.66. The van der Waals surface area contributed by atoms with Crippen LogP contribution >= 0.6 is 0 Å². The summed E-state index contributed by atoms with van der Waals surface area (Å²) in [6.45, 7) is 3.99. The predicted molar refractivity (Wildman–Crippen MR) is 106 cm³/mol. The maximum atomic E-state index is 4.58. The van der Waals surface area contributed by atoms with E-state index in [1.54, 1.807) is 0 Å². The molecule has 4 rings (SSSR count). The molecule has 0 aliphatic carbocycles. The van der Waals surface area contributed by atoms with Gasteiger partial charge in [-0.1, -0.05) is 91.0 Å². The van der Waals surface area contributed by atoms with E-state index in [-0.39, 0.29) is 0 Å². The monoisotopic (exact) mass is 337 g/mol. The second-order valence-electron chi connectivity index (χ2n) is 6.33. The summed E-state index contributed by atoms with van der Waals surface area (Å²) in [7, 11) is 0. The molecular formula is C24H21N2. The van der Waals surface area contributed by atoms with Crippen molar-refractivity contribution in [2.75, 3.05) is 0 Å². The molecule has 0 bridgehead atoms. The highest BCUT2D eigenvalue weighted by Crippen LogP contribution is 2.40. The topological polar surface area (TPSA) is 17.8 Å². The van der Waals surface area contributed by atoms with Crippen LogP contribution in [-0.2, 0) is 12.0 Å². The molecular weight excluding hydrogens is 316 g/mol. The van der Waals surface area contributed by atoms with E-state index in [1.165, 1.54) is 16.7 Å². The van der Waals surface area contributed by atoms with Crippen LogP contribution in [0.4, 0.5) is 0 Å². The Bertz CT molecular complexity index is 860. The smallest absolute Gasteiger partial charge is 0.121 e. The van der Waals surface area contributed by atoms with Crippen LogP contribution in [0.2, 0.25) is 0 Å². The van der Waals surface area contributed by atoms with E-state index in [9.17, 15) is 0 Å². The van der Waals surface area contributed by atoms with Gasteiger partial charge in [-0.2, -0.15) is 0 Å². The van der Waals surface area contributed by atoms with Crippen LogP contribution in [0.15, 0.2) is 104 Å². The maximum absolute atomic E-state index is 4.58. The van der Waals surface area contributed by atoms with Crippen LogP contribution < -0.4 is 0 Å². The predicted octanol–water partition coefficient (Wildman–Crippen LogP) is 5.10. The minimum absolute atomic E-state index is 0.482. The molecule has 0 unspecified atom stereocenters. The number of aromatic nitrogens is 2. The minimum atomic E-state index is -0.482. The van der Waals surface area contributed by atoms with Crippen LogP contribution in [0.5, 0.6) is 0 Å². The Labute approximate surface area is 154 Å². The Morgan fingerprint density at radius 3 is 1.46 bits per heavy atom. The van der Waals surface area contributed by atoms with Gasteiger partial charge in [-0.05, 0) is 30.0 Å². The first-order valence-corrected chi connectivity index (χ1v) is 8.85. The van der Waals surface area contributed by atoms with Gasteiger partial charge in [-0.15, -0.1) is 0 Å². The van der Waals surface area contributed by atoms with Crippen LogP contribution in [0, 0.1) is 6.92 Å². The van der Waals surface area contributed by atoms with Gasteiger partial charge in [0, 0.05) is 6.20 Å². The van der Waals surface area contributed by atoms with Crippen molar-refractivity contribution in [2.45, 2.75) is 12.0 Å². The third-order valence-electron chi connectivity index (χ3n) is 4.85. The van der Waals surface area contributed by atoms with Crippen molar-refractivity contribution in [3.63, 3.8) is 0 Å². The highest BCUT2D eigenvalue weighted by Gasteiger charge is 2.38. The van der Waals surface area contributed by atoms with Crippen molar-refractivity contribution in [1.29, 1.82) is 0 Å². The molecule has 1 aromatic heterocycles. The van der Waals surface area contributed by atoms with Gasteiger partial charge in [0.2, 0.25) is 0 Å². The van der Waals surface area contributed by atoms with E-state index in [0.717, 1.165) is 5.69 Å². The van der Waals surface area contributed by atoms with Crippen molar-refractivity contribution in [3.8, 4) is 0 Å². The first-order valence-electron chi connectivity index (χ1n) is 8.85. The highest BCUT2D eigenvalue weighted by molar-refractivity contribution is 5.50. The van der Waals surface area contributed by atoms with E-state index < -0.39 is 5.54 Å². The molecule has 0 saturated carbocycles. The maximum Gasteiger partial charge on any atom is 0.121 e. The molecule has 26 heavy (non-hydrogen) atoms. The molecule has 0 amide bonds. The summed E-state index contributed by atoms with van der Waals surface area (Å²) in [5.41, 5.74) is 4.10. The van der Waals surface area contributed by atoms with Crippen molar-refractivity contribution in [1.82, 2.24) is 9.55 Å². The van der Waals surface area contributed by atoms with Gasteiger partial charge in [0.15, 0.2) is 0 Å². The van der Waals surface area contributed by atoms with Gasteiger partial charge in [-0.3, -0.25) is 0 Å². The molecule has 1 heterocycles. The number of benzene rings is 3. The second kappa shape index (κ2) is 7.01. The Morgan fingerprint density at radius 1 is 0.692 bits per heavy atom. The summed E-state index contributed by atoms with van der Waals surface area (Å²) in [4.78, 5) is 4.58. The largest absolute Gasteiger partial charge is 0.319 e. The molecule has 1 radical (unpaired) electrons. The normalized spacial score (nSPS) is 11.4. The van der Waals surface area contributed by atoms with Gasteiger partial charge in [0.25, 0.3) is 0 Å². The third-order valence-corrected chi connectivity index (χ3v) is 4.85.